The fraction of sp³-hybridized carbons (Fsp3) is 0.520. The molecule has 4 rings (SSSR count). The van der Waals surface area contributed by atoms with Crippen LogP contribution in [0.4, 0.5) is 10.5 Å². The van der Waals surface area contributed by atoms with Gasteiger partial charge in [0, 0.05) is 38.3 Å². The number of likely N-dealkylation sites (tertiary alicyclic amines) is 1. The van der Waals surface area contributed by atoms with Gasteiger partial charge in [-0.1, -0.05) is 30.3 Å². The standard InChI is InChI=1S/C25H33N5O4/c1-2-34-25(33)28-13-10-21(11-14-28)27-24(32)20-9-6-12-29(18-20)22-15-23(31)30(26-16-22)17-19-7-4-3-5-8-19/h3-5,7-8,15-16,20-21H,2,6,9-14,17-18H2,1H3,(H,27,32)/t20-/m1/s1. The van der Waals surface area contributed by atoms with Crippen molar-refractivity contribution >= 4 is 17.7 Å². The third kappa shape index (κ3) is 5.95. The van der Waals surface area contributed by atoms with Crippen LogP contribution in [0, 0.1) is 5.92 Å². The SMILES string of the molecule is CCOC(=O)N1CCC(NC(=O)[C@@H]2CCCN(c3cnn(Cc4ccccc4)c(=O)c3)C2)CC1. The molecule has 1 N–H and O–H groups in total. The smallest absolute Gasteiger partial charge is 0.409 e. The van der Waals surface area contributed by atoms with Gasteiger partial charge in [-0.15, -0.1) is 0 Å². The predicted molar refractivity (Wildman–Crippen MR) is 129 cm³/mol. The second-order valence-electron chi connectivity index (χ2n) is 8.95. The lowest BCUT2D eigenvalue weighted by atomic mass is 9.95. The van der Waals surface area contributed by atoms with E-state index in [0.717, 1.165) is 43.5 Å². The topological polar surface area (TPSA) is 96.8 Å². The van der Waals surface area contributed by atoms with E-state index in [-0.39, 0.29) is 29.5 Å². The molecule has 1 atom stereocenters. The Hall–Kier alpha value is -3.36. The van der Waals surface area contributed by atoms with Crippen LogP contribution in [0.3, 0.4) is 0 Å². The minimum atomic E-state index is -0.283. The Morgan fingerprint density at radius 2 is 1.88 bits per heavy atom. The number of aromatic nitrogens is 2. The van der Waals surface area contributed by atoms with Gasteiger partial charge in [0.25, 0.3) is 5.56 Å². The van der Waals surface area contributed by atoms with Crippen LogP contribution in [0.2, 0.25) is 0 Å². The number of ether oxygens (including phenoxy) is 1. The minimum absolute atomic E-state index is 0.0460. The Balaban J connectivity index is 1.31. The molecule has 0 bridgehead atoms. The molecule has 3 heterocycles. The molecule has 182 valence electrons. The van der Waals surface area contributed by atoms with E-state index in [1.807, 2.05) is 30.3 Å². The van der Waals surface area contributed by atoms with Crippen molar-refractivity contribution < 1.29 is 14.3 Å². The number of carbonyl (C=O) groups excluding carboxylic acids is 2. The zero-order valence-corrected chi connectivity index (χ0v) is 19.7. The summed E-state index contributed by atoms with van der Waals surface area (Å²) in [6, 6.07) is 11.4. The van der Waals surface area contributed by atoms with Gasteiger partial charge in [0.05, 0.1) is 31.0 Å². The number of carbonyl (C=O) groups is 2. The lowest BCUT2D eigenvalue weighted by molar-refractivity contribution is -0.126. The summed E-state index contributed by atoms with van der Waals surface area (Å²) in [6.07, 6.45) is 4.59. The Morgan fingerprint density at radius 3 is 2.59 bits per heavy atom. The van der Waals surface area contributed by atoms with Crippen molar-refractivity contribution in [2.24, 2.45) is 5.92 Å². The zero-order chi connectivity index (χ0) is 23.9. The minimum Gasteiger partial charge on any atom is -0.450 e. The molecule has 2 aliphatic rings. The molecule has 2 aliphatic heterocycles. The molecule has 9 heteroatoms. The average Bonchev–Trinajstić information content (AvgIpc) is 2.86. The molecular weight excluding hydrogens is 434 g/mol. The summed E-state index contributed by atoms with van der Waals surface area (Å²) < 4.78 is 6.51. The van der Waals surface area contributed by atoms with Crippen molar-refractivity contribution in [1.29, 1.82) is 0 Å². The van der Waals surface area contributed by atoms with Crippen LogP contribution < -0.4 is 15.8 Å². The van der Waals surface area contributed by atoms with E-state index in [1.54, 1.807) is 24.1 Å². The first-order valence-corrected chi connectivity index (χ1v) is 12.1. The first kappa shape index (κ1) is 23.8. The van der Waals surface area contributed by atoms with Crippen LogP contribution in [0.1, 0.15) is 38.2 Å². The maximum Gasteiger partial charge on any atom is 0.409 e. The molecule has 2 aromatic rings. The first-order valence-electron chi connectivity index (χ1n) is 12.1. The van der Waals surface area contributed by atoms with Crippen LogP contribution >= 0.6 is 0 Å². The quantitative estimate of drug-likeness (QED) is 0.700. The second-order valence-corrected chi connectivity index (χ2v) is 8.95. The van der Waals surface area contributed by atoms with E-state index in [0.29, 0.717) is 32.8 Å². The number of benzene rings is 1. The molecule has 2 amide bonds. The van der Waals surface area contributed by atoms with Crippen molar-refractivity contribution in [2.45, 2.75) is 45.2 Å². The van der Waals surface area contributed by atoms with Crippen LogP contribution in [0.15, 0.2) is 47.4 Å². The number of amides is 2. The Kier molecular flexibility index (Phi) is 7.82. The highest BCUT2D eigenvalue weighted by atomic mass is 16.6. The number of hydrogen-bond acceptors (Lipinski definition) is 6. The van der Waals surface area contributed by atoms with Crippen LogP contribution in [0.5, 0.6) is 0 Å². The number of nitrogens with zero attached hydrogens (tertiary/aromatic N) is 4. The van der Waals surface area contributed by atoms with Crippen molar-refractivity contribution in [2.75, 3.05) is 37.7 Å². The first-order chi connectivity index (χ1) is 16.5. The van der Waals surface area contributed by atoms with Crippen LogP contribution in [-0.2, 0) is 16.1 Å². The van der Waals surface area contributed by atoms with E-state index >= 15 is 0 Å². The summed E-state index contributed by atoms with van der Waals surface area (Å²) in [7, 11) is 0. The van der Waals surface area contributed by atoms with E-state index in [1.165, 1.54) is 4.68 Å². The third-order valence-electron chi connectivity index (χ3n) is 6.55. The number of nitrogens with one attached hydrogen (secondary N) is 1. The Morgan fingerprint density at radius 1 is 1.12 bits per heavy atom. The summed E-state index contributed by atoms with van der Waals surface area (Å²) in [5.41, 5.74) is 1.63. The van der Waals surface area contributed by atoms with Gasteiger partial charge >= 0.3 is 6.09 Å². The van der Waals surface area contributed by atoms with Gasteiger partial charge in [-0.05, 0) is 38.2 Å². The van der Waals surface area contributed by atoms with Gasteiger partial charge in [0.2, 0.25) is 5.91 Å². The summed E-state index contributed by atoms with van der Waals surface area (Å²) >= 11 is 0. The van der Waals surface area contributed by atoms with Crippen molar-refractivity contribution in [3.63, 3.8) is 0 Å². The maximum atomic E-state index is 13.0. The van der Waals surface area contributed by atoms with Gasteiger partial charge in [-0.2, -0.15) is 5.10 Å². The molecule has 0 radical (unpaired) electrons. The lowest BCUT2D eigenvalue weighted by Crippen LogP contribution is -2.50. The van der Waals surface area contributed by atoms with Gasteiger partial charge < -0.3 is 19.9 Å². The number of piperidine rings is 2. The Bertz CT molecular complexity index is 1030. The van der Waals surface area contributed by atoms with Crippen molar-refractivity contribution in [3.8, 4) is 0 Å². The molecule has 2 saturated heterocycles. The molecule has 1 aromatic carbocycles. The molecule has 1 aromatic heterocycles. The van der Waals surface area contributed by atoms with Gasteiger partial charge in [0.15, 0.2) is 0 Å². The predicted octanol–water partition coefficient (Wildman–Crippen LogP) is 2.25. The normalized spacial score (nSPS) is 19.0. The number of hydrogen-bond donors (Lipinski definition) is 1. The van der Waals surface area contributed by atoms with E-state index in [2.05, 4.69) is 15.3 Å². The lowest BCUT2D eigenvalue weighted by Gasteiger charge is -2.35. The van der Waals surface area contributed by atoms with E-state index in [4.69, 9.17) is 4.74 Å². The fourth-order valence-corrected chi connectivity index (χ4v) is 4.64. The third-order valence-corrected chi connectivity index (χ3v) is 6.55. The highest BCUT2D eigenvalue weighted by molar-refractivity contribution is 5.80. The summed E-state index contributed by atoms with van der Waals surface area (Å²) in [5, 5.41) is 7.54. The molecule has 34 heavy (non-hydrogen) atoms. The molecule has 0 aliphatic carbocycles. The zero-order valence-electron chi connectivity index (χ0n) is 19.7. The van der Waals surface area contributed by atoms with Gasteiger partial charge in [-0.3, -0.25) is 9.59 Å². The summed E-state index contributed by atoms with van der Waals surface area (Å²) in [5.74, 6) is -0.0896. The van der Waals surface area contributed by atoms with E-state index in [9.17, 15) is 14.4 Å². The average molecular weight is 468 g/mol. The monoisotopic (exact) mass is 467 g/mol. The van der Waals surface area contributed by atoms with Gasteiger partial charge in [0.1, 0.15) is 0 Å². The Labute approximate surface area is 199 Å². The second kappa shape index (κ2) is 11.2. The molecule has 9 nitrogen and oxygen atoms in total. The van der Waals surface area contributed by atoms with Gasteiger partial charge in [-0.25, -0.2) is 9.48 Å². The molecule has 2 fully saturated rings. The largest absolute Gasteiger partial charge is 0.450 e. The van der Waals surface area contributed by atoms with E-state index < -0.39 is 0 Å². The number of rotatable bonds is 6. The molecule has 0 spiro atoms. The summed E-state index contributed by atoms with van der Waals surface area (Å²) in [4.78, 5) is 41.2. The van der Waals surface area contributed by atoms with Crippen molar-refractivity contribution in [1.82, 2.24) is 20.0 Å². The molecule has 0 unspecified atom stereocenters. The van der Waals surface area contributed by atoms with Crippen LogP contribution in [0.25, 0.3) is 0 Å². The fourth-order valence-electron chi connectivity index (χ4n) is 4.64. The summed E-state index contributed by atoms with van der Waals surface area (Å²) in [6.45, 7) is 5.13. The van der Waals surface area contributed by atoms with Crippen molar-refractivity contribution in [3.05, 3.63) is 58.5 Å². The highest BCUT2D eigenvalue weighted by Gasteiger charge is 2.30. The highest BCUT2D eigenvalue weighted by Crippen LogP contribution is 2.23. The number of anilines is 1. The van der Waals surface area contributed by atoms with Crippen LogP contribution in [-0.4, -0.2) is 65.5 Å². The molecule has 0 saturated carbocycles. The molecular formula is C25H33N5O4. The maximum absolute atomic E-state index is 13.0.